The molecule has 16 heteroatoms. The van der Waals surface area contributed by atoms with Crippen molar-refractivity contribution < 1.29 is 25.4 Å². The zero-order valence-electron chi connectivity index (χ0n) is 14.5. The van der Waals surface area contributed by atoms with Gasteiger partial charge in [0.25, 0.3) is 22.2 Å². The summed E-state index contributed by atoms with van der Waals surface area (Å²) >= 11 is 5.79. The highest BCUT2D eigenvalue weighted by Crippen LogP contribution is 2.14. The van der Waals surface area contributed by atoms with Crippen LogP contribution in [0.5, 0.6) is 0 Å². The second-order valence-corrected chi connectivity index (χ2v) is 10.7. The maximum atomic E-state index is 12.4. The molecule has 0 unspecified atom stereocenters. The number of aromatic nitrogens is 2. The number of alkyl halides is 2. The number of rotatable bonds is 8. The van der Waals surface area contributed by atoms with Gasteiger partial charge in [0.05, 0.1) is 33.1 Å². The molecule has 0 saturated carbocycles. The van der Waals surface area contributed by atoms with Gasteiger partial charge >= 0.3 is 20.2 Å². The van der Waals surface area contributed by atoms with E-state index in [-0.39, 0.29) is 41.7 Å². The first-order valence-corrected chi connectivity index (χ1v) is 13.2. The topological polar surface area (TPSA) is 165 Å². The lowest BCUT2D eigenvalue weighted by molar-refractivity contribution is 0.264. The van der Waals surface area contributed by atoms with Crippen molar-refractivity contribution >= 4 is 73.6 Å². The Bertz CT molecular complexity index is 1380. The van der Waals surface area contributed by atoms with Crippen molar-refractivity contribution in [3.63, 3.8) is 0 Å². The summed E-state index contributed by atoms with van der Waals surface area (Å²) in [6.45, 7) is 0. The number of halogens is 2. The minimum absolute atomic E-state index is 0.0103. The fraction of sp³-hybridized carbons (Fsp3) is 0.286. The normalized spacial score (nSPS) is 12.6. The average Bonchev–Trinajstić information content (AvgIpc) is 3.00. The summed E-state index contributed by atoms with van der Waals surface area (Å²) in [6, 6.07) is 1.76. The lowest BCUT2D eigenvalue weighted by Crippen LogP contribution is -2.37. The van der Waals surface area contributed by atoms with Gasteiger partial charge in [0.1, 0.15) is 0 Å². The highest BCUT2D eigenvalue weighted by atomic mass is 79.9. The van der Waals surface area contributed by atoms with Gasteiger partial charge in [-0.1, -0.05) is 41.3 Å². The predicted octanol–water partition coefficient (Wildman–Crippen LogP) is -1.78. The number of benzene rings is 1. The van der Waals surface area contributed by atoms with E-state index in [2.05, 4.69) is 40.4 Å². The third-order valence-corrected chi connectivity index (χ3v) is 7.85. The third kappa shape index (κ3) is 3.95. The molecule has 12 nitrogen and oxygen atoms in total. The van der Waals surface area contributed by atoms with Crippen molar-refractivity contribution in [2.24, 2.45) is 0 Å². The van der Waals surface area contributed by atoms with Crippen molar-refractivity contribution in [1.82, 2.24) is 9.46 Å². The molecular weight excluding hydrogens is 580 g/mol. The number of fused-ring (bicyclic) bond motifs is 2. The van der Waals surface area contributed by atoms with E-state index in [1.165, 1.54) is 0 Å². The summed E-state index contributed by atoms with van der Waals surface area (Å²) in [5, 5.41) is -1.58. The lowest BCUT2D eigenvalue weighted by atomic mass is 10.1. The van der Waals surface area contributed by atoms with E-state index in [9.17, 15) is 36.0 Å². The van der Waals surface area contributed by atoms with E-state index in [1.54, 1.807) is 0 Å². The van der Waals surface area contributed by atoms with Crippen molar-refractivity contribution in [2.45, 2.75) is 0 Å². The Morgan fingerprint density at radius 1 is 0.633 bits per heavy atom. The van der Waals surface area contributed by atoms with Gasteiger partial charge in [0, 0.05) is 10.7 Å². The molecule has 3 aromatic rings. The molecule has 162 valence electrons. The largest absolute Gasteiger partial charge is 0.328 e. The Hall–Kier alpha value is -2.04. The molecule has 0 radical (unpaired) electrons. The quantitative estimate of drug-likeness (QED) is 0.274. The molecule has 0 aliphatic heterocycles. The van der Waals surface area contributed by atoms with Gasteiger partial charge in [-0.25, -0.2) is 0 Å². The lowest BCUT2D eigenvalue weighted by Gasteiger charge is -2.02. The Morgan fingerprint density at radius 3 is 1.13 bits per heavy atom. The highest BCUT2D eigenvalue weighted by molar-refractivity contribution is 9.09. The standard InChI is InChI=1S/C14H10Br2N2O10S2/c15-1-3-29(23,24)27-17-11(19)7-5-9-10(6-8(7)12(17)20)14(22)18(13(9)21)28-30(25,26)4-2-16/h5-6H,1-4H2. The zero-order chi connectivity index (χ0) is 22.4. The van der Waals surface area contributed by atoms with E-state index >= 15 is 0 Å². The van der Waals surface area contributed by atoms with E-state index < -0.39 is 54.0 Å². The summed E-state index contributed by atoms with van der Waals surface area (Å²) < 4.78 is 56.2. The van der Waals surface area contributed by atoms with Crippen LogP contribution in [0.15, 0.2) is 31.3 Å². The van der Waals surface area contributed by atoms with Gasteiger partial charge in [-0.2, -0.15) is 16.8 Å². The Labute approximate surface area is 183 Å². The van der Waals surface area contributed by atoms with E-state index in [4.69, 9.17) is 0 Å². The maximum Gasteiger partial charge on any atom is 0.328 e. The van der Waals surface area contributed by atoms with Gasteiger partial charge in [0.2, 0.25) is 0 Å². The summed E-state index contributed by atoms with van der Waals surface area (Å²) in [6.07, 6.45) is 0. The molecule has 0 fully saturated rings. The van der Waals surface area contributed by atoms with Crippen LogP contribution in [0.4, 0.5) is 0 Å². The molecule has 0 atom stereocenters. The van der Waals surface area contributed by atoms with Crippen molar-refractivity contribution in [3.8, 4) is 0 Å². The number of hydrogen-bond donors (Lipinski definition) is 0. The van der Waals surface area contributed by atoms with Crippen LogP contribution in [0.25, 0.3) is 21.5 Å². The van der Waals surface area contributed by atoms with Gasteiger partial charge in [-0.3, -0.25) is 27.7 Å². The Morgan fingerprint density at radius 2 is 0.900 bits per heavy atom. The number of nitrogens with zero attached hydrogens (tertiary/aromatic N) is 2. The fourth-order valence-electron chi connectivity index (χ4n) is 2.56. The third-order valence-electron chi connectivity index (χ3n) is 3.85. The van der Waals surface area contributed by atoms with E-state index in [0.29, 0.717) is 0 Å². The minimum Gasteiger partial charge on any atom is -0.280 e. The first kappa shape index (κ1) is 22.6. The minimum atomic E-state index is -4.26. The first-order valence-electron chi connectivity index (χ1n) is 7.84. The van der Waals surface area contributed by atoms with Crippen LogP contribution in [0.3, 0.4) is 0 Å². The Balaban J connectivity index is 2.25. The molecule has 0 spiro atoms. The van der Waals surface area contributed by atoms with Crippen molar-refractivity contribution in [1.29, 1.82) is 0 Å². The van der Waals surface area contributed by atoms with Gasteiger partial charge in [0.15, 0.2) is 0 Å². The van der Waals surface area contributed by atoms with Crippen LogP contribution in [0, 0.1) is 0 Å². The van der Waals surface area contributed by atoms with Crippen molar-refractivity contribution in [2.75, 3.05) is 22.2 Å². The van der Waals surface area contributed by atoms with Crippen LogP contribution in [0.2, 0.25) is 0 Å². The molecule has 0 saturated heterocycles. The summed E-state index contributed by atoms with van der Waals surface area (Å²) in [4.78, 5) is 49.7. The second-order valence-electron chi connectivity index (χ2n) is 5.80. The smallest absolute Gasteiger partial charge is 0.280 e. The van der Waals surface area contributed by atoms with Crippen LogP contribution in [-0.4, -0.2) is 48.5 Å². The molecule has 2 heterocycles. The second kappa shape index (κ2) is 7.90. The Kier molecular flexibility index (Phi) is 5.96. The fourth-order valence-corrected chi connectivity index (χ4v) is 6.19. The maximum absolute atomic E-state index is 12.4. The van der Waals surface area contributed by atoms with Crippen LogP contribution < -0.4 is 30.8 Å². The highest BCUT2D eigenvalue weighted by Gasteiger charge is 2.25. The van der Waals surface area contributed by atoms with Gasteiger partial charge in [-0.05, 0) is 12.1 Å². The number of hydrogen-bond acceptors (Lipinski definition) is 10. The molecule has 2 aromatic heterocycles. The van der Waals surface area contributed by atoms with Gasteiger partial charge in [-0.15, -0.1) is 0 Å². The zero-order valence-corrected chi connectivity index (χ0v) is 19.3. The summed E-state index contributed by atoms with van der Waals surface area (Å²) in [5.74, 6) is -1.05. The van der Waals surface area contributed by atoms with E-state index in [1.807, 2.05) is 0 Å². The van der Waals surface area contributed by atoms with Crippen LogP contribution in [0.1, 0.15) is 0 Å². The van der Waals surface area contributed by atoms with Crippen LogP contribution >= 0.6 is 31.9 Å². The summed E-state index contributed by atoms with van der Waals surface area (Å²) in [5.41, 5.74) is -4.66. The molecular formula is C14H10Br2N2O10S2. The predicted molar refractivity (Wildman–Crippen MR) is 113 cm³/mol. The molecule has 0 bridgehead atoms. The first-order chi connectivity index (χ1) is 13.9. The van der Waals surface area contributed by atoms with Crippen molar-refractivity contribution in [3.05, 3.63) is 53.5 Å². The van der Waals surface area contributed by atoms with E-state index in [0.717, 1.165) is 12.1 Å². The molecule has 1 aromatic carbocycles. The molecule has 30 heavy (non-hydrogen) atoms. The monoisotopic (exact) mass is 588 g/mol. The summed E-state index contributed by atoms with van der Waals surface area (Å²) in [7, 11) is -8.52. The molecule has 0 amide bonds. The SMILES string of the molecule is O=c1c2cc3c(=O)n(OS(=O)(=O)CCBr)c(=O)c3cc2c(=O)n1OS(=O)(=O)CCBr. The average molecular weight is 590 g/mol. The van der Waals surface area contributed by atoms with Gasteiger partial charge < -0.3 is 0 Å². The molecule has 0 aliphatic rings. The molecule has 0 N–H and O–H groups in total. The molecule has 0 aliphatic carbocycles. The van der Waals surface area contributed by atoms with Crippen LogP contribution in [-0.2, 0) is 20.2 Å². The molecule has 3 rings (SSSR count).